The number of rotatable bonds is 3. The largest absolute Gasteiger partial charge is 0.390 e. The fourth-order valence-corrected chi connectivity index (χ4v) is 8.90. The Kier molecular flexibility index (Phi) is 5.82. The SMILES string of the molecule is C[C@@]1(O)CC[C@H]2[C@H](CC[C@@H]3[C@@H]2CC[C@]2(C)[C@@H](C(=O)CN4CCCOCC4)CC[C@@H]32)C1. The molecule has 5 fully saturated rings. The molecular formula is C26H43NO3. The molecule has 4 saturated carbocycles. The first-order chi connectivity index (χ1) is 14.4. The summed E-state index contributed by atoms with van der Waals surface area (Å²) in [6.45, 7) is 8.71. The van der Waals surface area contributed by atoms with Gasteiger partial charge < -0.3 is 9.84 Å². The summed E-state index contributed by atoms with van der Waals surface area (Å²) in [6.07, 6.45) is 11.9. The van der Waals surface area contributed by atoms with Gasteiger partial charge in [-0.1, -0.05) is 6.92 Å². The number of ketones is 1. The highest BCUT2D eigenvalue weighted by Crippen LogP contribution is 2.64. The molecule has 1 saturated heterocycles. The van der Waals surface area contributed by atoms with Crippen LogP contribution in [0.5, 0.6) is 0 Å². The molecule has 0 unspecified atom stereocenters. The number of aliphatic hydroxyl groups is 1. The van der Waals surface area contributed by atoms with Gasteiger partial charge >= 0.3 is 0 Å². The lowest BCUT2D eigenvalue weighted by atomic mass is 9.49. The van der Waals surface area contributed by atoms with Crippen molar-refractivity contribution in [1.82, 2.24) is 4.90 Å². The van der Waals surface area contributed by atoms with E-state index in [0.29, 0.717) is 12.3 Å². The maximum atomic E-state index is 13.4. The maximum Gasteiger partial charge on any atom is 0.150 e. The average Bonchev–Trinajstić information content (AvgIpc) is 2.87. The van der Waals surface area contributed by atoms with Gasteiger partial charge in [0, 0.05) is 25.6 Å². The van der Waals surface area contributed by atoms with Crippen LogP contribution in [-0.4, -0.2) is 54.2 Å². The van der Waals surface area contributed by atoms with Crippen molar-refractivity contribution in [3.8, 4) is 0 Å². The van der Waals surface area contributed by atoms with Crippen LogP contribution in [0.15, 0.2) is 0 Å². The van der Waals surface area contributed by atoms with Gasteiger partial charge in [-0.2, -0.15) is 0 Å². The topological polar surface area (TPSA) is 49.8 Å². The molecule has 30 heavy (non-hydrogen) atoms. The Morgan fingerprint density at radius 2 is 1.80 bits per heavy atom. The number of fused-ring (bicyclic) bond motifs is 5. The summed E-state index contributed by atoms with van der Waals surface area (Å²) in [4.78, 5) is 15.8. The van der Waals surface area contributed by atoms with Crippen LogP contribution in [0, 0.1) is 40.9 Å². The normalized spacial score (nSPS) is 49.6. The summed E-state index contributed by atoms with van der Waals surface area (Å²) in [6, 6.07) is 0. The van der Waals surface area contributed by atoms with Crippen LogP contribution in [0.3, 0.4) is 0 Å². The van der Waals surface area contributed by atoms with Gasteiger partial charge in [0.1, 0.15) is 5.78 Å². The minimum absolute atomic E-state index is 0.230. The predicted octanol–water partition coefficient (Wildman–Crippen LogP) is 4.30. The lowest BCUT2D eigenvalue weighted by Crippen LogP contribution is -2.51. The van der Waals surface area contributed by atoms with Crippen molar-refractivity contribution in [2.45, 2.75) is 83.7 Å². The molecule has 4 nitrogen and oxygen atoms in total. The van der Waals surface area contributed by atoms with E-state index in [-0.39, 0.29) is 11.3 Å². The lowest BCUT2D eigenvalue weighted by Gasteiger charge is -2.56. The summed E-state index contributed by atoms with van der Waals surface area (Å²) in [5, 5.41) is 10.6. The predicted molar refractivity (Wildman–Crippen MR) is 118 cm³/mol. The van der Waals surface area contributed by atoms with Gasteiger partial charge in [0.25, 0.3) is 0 Å². The van der Waals surface area contributed by atoms with Gasteiger partial charge in [-0.05, 0) is 106 Å². The Morgan fingerprint density at radius 3 is 2.67 bits per heavy atom. The molecule has 0 aromatic carbocycles. The van der Waals surface area contributed by atoms with E-state index in [4.69, 9.17) is 4.74 Å². The molecule has 8 atom stereocenters. The second-order valence-electron chi connectivity index (χ2n) is 12.1. The minimum Gasteiger partial charge on any atom is -0.390 e. The zero-order valence-electron chi connectivity index (χ0n) is 19.3. The Bertz CT molecular complexity index is 640. The summed E-state index contributed by atoms with van der Waals surface area (Å²) < 4.78 is 5.58. The summed E-state index contributed by atoms with van der Waals surface area (Å²) in [5.41, 5.74) is -0.200. The molecule has 1 heterocycles. The van der Waals surface area contributed by atoms with Crippen LogP contribution in [0.4, 0.5) is 0 Å². The van der Waals surface area contributed by atoms with Crippen LogP contribution in [0.25, 0.3) is 0 Å². The van der Waals surface area contributed by atoms with Crippen LogP contribution >= 0.6 is 0 Å². The molecule has 5 aliphatic rings. The standard InChI is InChI=1S/C26H43NO3/c1-25(29)10-8-19-18(16-25)4-5-21-20(19)9-11-26(2)22(21)6-7-23(26)24(28)17-27-12-3-14-30-15-13-27/h18-23,29H,3-17H2,1-2H3/t18-,19+,20-,21-,22+,23-,25-,26+/m1/s1. The second-order valence-corrected chi connectivity index (χ2v) is 12.1. The number of Topliss-reactive ketones (excluding diaryl/α,β-unsaturated/α-hetero) is 1. The van der Waals surface area contributed by atoms with E-state index < -0.39 is 5.60 Å². The number of hydrogen-bond donors (Lipinski definition) is 1. The van der Waals surface area contributed by atoms with Crippen molar-refractivity contribution >= 4 is 5.78 Å². The van der Waals surface area contributed by atoms with Crippen LogP contribution in [-0.2, 0) is 9.53 Å². The summed E-state index contributed by atoms with van der Waals surface area (Å²) in [5.74, 6) is 4.80. The van der Waals surface area contributed by atoms with Gasteiger partial charge in [-0.25, -0.2) is 0 Å². The average molecular weight is 418 g/mol. The molecule has 0 bridgehead atoms. The van der Waals surface area contributed by atoms with Gasteiger partial charge in [0.15, 0.2) is 0 Å². The quantitative estimate of drug-likeness (QED) is 0.744. The van der Waals surface area contributed by atoms with Crippen LogP contribution < -0.4 is 0 Å². The van der Waals surface area contributed by atoms with Crippen molar-refractivity contribution in [3.63, 3.8) is 0 Å². The number of ether oxygens (including phenoxy) is 1. The highest BCUT2D eigenvalue weighted by atomic mass is 16.5. The molecule has 170 valence electrons. The van der Waals surface area contributed by atoms with E-state index in [1.54, 1.807) is 0 Å². The number of carbonyl (C=O) groups excluding carboxylic acids is 1. The monoisotopic (exact) mass is 417 g/mol. The fraction of sp³-hybridized carbons (Fsp3) is 0.962. The van der Waals surface area contributed by atoms with Gasteiger partial charge in [-0.3, -0.25) is 9.69 Å². The van der Waals surface area contributed by atoms with E-state index in [9.17, 15) is 9.90 Å². The molecule has 0 aromatic heterocycles. The Labute approximate surface area is 183 Å². The van der Waals surface area contributed by atoms with E-state index in [1.807, 2.05) is 0 Å². The zero-order chi connectivity index (χ0) is 20.9. The first-order valence-electron chi connectivity index (χ1n) is 12.9. The summed E-state index contributed by atoms with van der Waals surface area (Å²) in [7, 11) is 0. The van der Waals surface area contributed by atoms with Crippen LogP contribution in [0.1, 0.15) is 78.1 Å². The molecule has 1 aliphatic heterocycles. The Hall–Kier alpha value is -0.450. The molecule has 4 aliphatic carbocycles. The highest BCUT2D eigenvalue weighted by molar-refractivity contribution is 5.84. The van der Waals surface area contributed by atoms with Crippen molar-refractivity contribution < 1.29 is 14.6 Å². The Morgan fingerprint density at radius 1 is 0.967 bits per heavy atom. The van der Waals surface area contributed by atoms with Crippen LogP contribution in [0.2, 0.25) is 0 Å². The number of nitrogens with zero attached hydrogens (tertiary/aromatic N) is 1. The van der Waals surface area contributed by atoms with Crippen molar-refractivity contribution in [2.75, 3.05) is 32.8 Å². The smallest absolute Gasteiger partial charge is 0.150 e. The second kappa shape index (κ2) is 8.15. The molecule has 0 spiro atoms. The fourth-order valence-electron chi connectivity index (χ4n) is 8.90. The third-order valence-corrected chi connectivity index (χ3v) is 10.3. The van der Waals surface area contributed by atoms with Gasteiger partial charge in [0.05, 0.1) is 18.8 Å². The van der Waals surface area contributed by atoms with Crippen molar-refractivity contribution in [1.29, 1.82) is 0 Å². The van der Waals surface area contributed by atoms with Gasteiger partial charge in [-0.15, -0.1) is 0 Å². The first kappa shape index (κ1) is 21.4. The van der Waals surface area contributed by atoms with E-state index in [0.717, 1.165) is 81.6 Å². The van der Waals surface area contributed by atoms with Gasteiger partial charge in [0.2, 0.25) is 0 Å². The van der Waals surface area contributed by atoms with E-state index >= 15 is 0 Å². The third-order valence-electron chi connectivity index (χ3n) is 10.3. The molecule has 1 N–H and O–H groups in total. The molecular weight excluding hydrogens is 374 g/mol. The number of carbonyl (C=O) groups is 1. The Balaban J connectivity index is 1.27. The molecule has 0 amide bonds. The van der Waals surface area contributed by atoms with E-state index in [2.05, 4.69) is 18.7 Å². The number of hydrogen-bond acceptors (Lipinski definition) is 4. The van der Waals surface area contributed by atoms with Crippen molar-refractivity contribution in [3.05, 3.63) is 0 Å². The summed E-state index contributed by atoms with van der Waals surface area (Å²) >= 11 is 0. The molecule has 4 heteroatoms. The minimum atomic E-state index is -0.430. The molecule has 0 radical (unpaired) electrons. The van der Waals surface area contributed by atoms with E-state index in [1.165, 1.54) is 38.5 Å². The zero-order valence-corrected chi connectivity index (χ0v) is 19.3. The molecule has 0 aromatic rings. The highest BCUT2D eigenvalue weighted by Gasteiger charge is 2.58. The van der Waals surface area contributed by atoms with Crippen molar-refractivity contribution in [2.24, 2.45) is 40.9 Å². The first-order valence-corrected chi connectivity index (χ1v) is 12.9. The lowest BCUT2D eigenvalue weighted by molar-refractivity contribution is -0.133. The third kappa shape index (κ3) is 3.79. The maximum absolute atomic E-state index is 13.4. The molecule has 5 rings (SSSR count).